The van der Waals surface area contributed by atoms with Gasteiger partial charge in [-0.1, -0.05) is 0 Å². The number of rotatable bonds is 4. The number of aromatic nitrogens is 3. The van der Waals surface area contributed by atoms with Gasteiger partial charge in [-0.15, -0.1) is 0 Å². The summed E-state index contributed by atoms with van der Waals surface area (Å²) in [6.07, 6.45) is 3.46. The molecule has 0 saturated heterocycles. The van der Waals surface area contributed by atoms with Crippen LogP contribution in [0.5, 0.6) is 0 Å². The summed E-state index contributed by atoms with van der Waals surface area (Å²) in [5.41, 5.74) is 1.80. The zero-order valence-corrected chi connectivity index (χ0v) is 10.8. The van der Waals surface area contributed by atoms with E-state index in [-0.39, 0.29) is 12.5 Å². The second-order valence-corrected chi connectivity index (χ2v) is 3.96. The molecule has 2 heterocycles. The molecule has 0 aromatic carbocycles. The van der Waals surface area contributed by atoms with Gasteiger partial charge < -0.3 is 9.64 Å². The highest BCUT2D eigenvalue weighted by atomic mass is 16.5. The van der Waals surface area contributed by atoms with Crippen LogP contribution in [0.15, 0.2) is 18.5 Å². The van der Waals surface area contributed by atoms with E-state index in [2.05, 4.69) is 10.1 Å². The van der Waals surface area contributed by atoms with Crippen molar-refractivity contribution in [3.8, 4) is 0 Å². The third-order valence-corrected chi connectivity index (χ3v) is 2.72. The van der Waals surface area contributed by atoms with Crippen LogP contribution in [-0.4, -0.2) is 40.8 Å². The third kappa shape index (κ3) is 2.27. The second-order valence-electron chi connectivity index (χ2n) is 3.96. The zero-order chi connectivity index (χ0) is 13.1. The summed E-state index contributed by atoms with van der Waals surface area (Å²) < 4.78 is 6.45. The van der Waals surface area contributed by atoms with Gasteiger partial charge in [-0.05, 0) is 19.9 Å². The van der Waals surface area contributed by atoms with E-state index in [1.807, 2.05) is 24.8 Å². The van der Waals surface area contributed by atoms with Gasteiger partial charge in [-0.25, -0.2) is 9.50 Å². The van der Waals surface area contributed by atoms with E-state index in [9.17, 15) is 4.79 Å². The van der Waals surface area contributed by atoms with Crippen LogP contribution < -0.4 is 4.90 Å². The van der Waals surface area contributed by atoms with Crippen molar-refractivity contribution in [2.24, 2.45) is 0 Å². The summed E-state index contributed by atoms with van der Waals surface area (Å²) >= 11 is 0. The average Bonchev–Trinajstić information content (AvgIpc) is 2.75. The standard InChI is InChI=1S/C12H16N4O2/c1-4-15(8-11(17)18-3)12-10-7-9(2)14-16(10)6-5-13-12/h5-7H,4,8H2,1-3H3. The van der Waals surface area contributed by atoms with E-state index < -0.39 is 0 Å². The van der Waals surface area contributed by atoms with E-state index in [0.717, 1.165) is 17.0 Å². The van der Waals surface area contributed by atoms with E-state index in [1.54, 1.807) is 16.9 Å². The third-order valence-electron chi connectivity index (χ3n) is 2.72. The highest BCUT2D eigenvalue weighted by Gasteiger charge is 2.15. The fourth-order valence-electron chi connectivity index (χ4n) is 1.83. The lowest BCUT2D eigenvalue weighted by Gasteiger charge is -2.20. The van der Waals surface area contributed by atoms with Crippen molar-refractivity contribution in [2.45, 2.75) is 13.8 Å². The zero-order valence-electron chi connectivity index (χ0n) is 10.8. The normalized spacial score (nSPS) is 10.6. The maximum atomic E-state index is 11.4. The molecule has 0 aliphatic rings. The molecule has 18 heavy (non-hydrogen) atoms. The Balaban J connectivity index is 2.41. The molecule has 6 nitrogen and oxygen atoms in total. The molecule has 0 spiro atoms. The summed E-state index contributed by atoms with van der Waals surface area (Å²) in [5, 5.41) is 4.32. The highest BCUT2D eigenvalue weighted by Crippen LogP contribution is 2.19. The number of ether oxygens (including phenoxy) is 1. The minimum absolute atomic E-state index is 0.184. The smallest absolute Gasteiger partial charge is 0.325 e. The molecule has 0 radical (unpaired) electrons. The van der Waals surface area contributed by atoms with Crippen LogP contribution in [0, 0.1) is 6.92 Å². The number of hydrogen-bond acceptors (Lipinski definition) is 5. The highest BCUT2D eigenvalue weighted by molar-refractivity contribution is 5.78. The lowest BCUT2D eigenvalue weighted by molar-refractivity contribution is -0.138. The van der Waals surface area contributed by atoms with Crippen molar-refractivity contribution in [3.05, 3.63) is 24.2 Å². The van der Waals surface area contributed by atoms with Crippen LogP contribution >= 0.6 is 0 Å². The summed E-state index contributed by atoms with van der Waals surface area (Å²) in [6.45, 7) is 4.75. The first-order valence-corrected chi connectivity index (χ1v) is 5.78. The maximum absolute atomic E-state index is 11.4. The second kappa shape index (κ2) is 5.03. The monoisotopic (exact) mass is 248 g/mol. The molecule has 0 amide bonds. The van der Waals surface area contributed by atoms with Crippen molar-refractivity contribution in [2.75, 3.05) is 25.1 Å². The van der Waals surface area contributed by atoms with Crippen LogP contribution in [-0.2, 0) is 9.53 Å². The summed E-state index contributed by atoms with van der Waals surface area (Å²) in [5.74, 6) is 0.461. The molecule has 96 valence electrons. The van der Waals surface area contributed by atoms with E-state index >= 15 is 0 Å². The SMILES string of the molecule is CCN(CC(=O)OC)c1nccn2nc(C)cc12. The van der Waals surface area contributed by atoms with Gasteiger partial charge in [0.15, 0.2) is 5.82 Å². The van der Waals surface area contributed by atoms with Crippen molar-refractivity contribution in [3.63, 3.8) is 0 Å². The molecular formula is C12H16N4O2. The van der Waals surface area contributed by atoms with Gasteiger partial charge in [0.05, 0.1) is 12.8 Å². The molecule has 6 heteroatoms. The van der Waals surface area contributed by atoms with E-state index in [4.69, 9.17) is 4.74 Å². The number of aryl methyl sites for hydroxylation is 1. The summed E-state index contributed by atoms with van der Waals surface area (Å²) in [4.78, 5) is 17.6. The number of carbonyl (C=O) groups is 1. The Hall–Kier alpha value is -2.11. The minimum Gasteiger partial charge on any atom is -0.468 e. The molecule has 0 N–H and O–H groups in total. The molecule has 0 fully saturated rings. The van der Waals surface area contributed by atoms with Crippen molar-refractivity contribution < 1.29 is 9.53 Å². The molecule has 0 aliphatic carbocycles. The molecule has 2 aromatic heterocycles. The summed E-state index contributed by atoms with van der Waals surface area (Å²) in [6, 6.07) is 1.95. The van der Waals surface area contributed by atoms with Crippen LogP contribution in [0.4, 0.5) is 5.82 Å². The molecule has 0 aliphatic heterocycles. The van der Waals surface area contributed by atoms with Gasteiger partial charge in [0.25, 0.3) is 0 Å². The molecule has 0 atom stereocenters. The lowest BCUT2D eigenvalue weighted by atomic mass is 10.3. The van der Waals surface area contributed by atoms with Gasteiger partial charge >= 0.3 is 5.97 Å². The molecular weight excluding hydrogens is 232 g/mol. The quantitative estimate of drug-likeness (QED) is 0.756. The minimum atomic E-state index is -0.281. The topological polar surface area (TPSA) is 59.7 Å². The number of esters is 1. The lowest BCUT2D eigenvalue weighted by Crippen LogP contribution is -2.31. The van der Waals surface area contributed by atoms with Gasteiger partial charge in [0, 0.05) is 18.9 Å². The van der Waals surface area contributed by atoms with Crippen molar-refractivity contribution in [1.29, 1.82) is 0 Å². The Labute approximate surface area is 105 Å². The maximum Gasteiger partial charge on any atom is 0.325 e. The number of methoxy groups -OCH3 is 1. The molecule has 0 saturated carbocycles. The Morgan fingerprint density at radius 1 is 1.56 bits per heavy atom. The number of nitrogens with zero attached hydrogens (tertiary/aromatic N) is 4. The molecule has 2 rings (SSSR count). The fourth-order valence-corrected chi connectivity index (χ4v) is 1.83. The Morgan fingerprint density at radius 2 is 2.33 bits per heavy atom. The van der Waals surface area contributed by atoms with Gasteiger partial charge in [0.1, 0.15) is 12.1 Å². The predicted molar refractivity (Wildman–Crippen MR) is 67.6 cm³/mol. The Morgan fingerprint density at radius 3 is 3.00 bits per heavy atom. The van der Waals surface area contributed by atoms with Gasteiger partial charge in [-0.3, -0.25) is 4.79 Å². The first kappa shape index (κ1) is 12.3. The van der Waals surface area contributed by atoms with E-state index in [1.165, 1.54) is 7.11 Å². The van der Waals surface area contributed by atoms with Crippen molar-refractivity contribution >= 4 is 17.3 Å². The number of likely N-dealkylation sites (N-methyl/N-ethyl adjacent to an activating group) is 1. The first-order chi connectivity index (χ1) is 8.65. The molecule has 0 bridgehead atoms. The number of anilines is 1. The largest absolute Gasteiger partial charge is 0.468 e. The molecule has 2 aromatic rings. The van der Waals surface area contributed by atoms with Crippen LogP contribution in [0.2, 0.25) is 0 Å². The summed E-state index contributed by atoms with van der Waals surface area (Å²) in [7, 11) is 1.38. The van der Waals surface area contributed by atoms with Crippen LogP contribution in [0.3, 0.4) is 0 Å². The average molecular weight is 248 g/mol. The number of fused-ring (bicyclic) bond motifs is 1. The van der Waals surface area contributed by atoms with E-state index in [0.29, 0.717) is 6.54 Å². The van der Waals surface area contributed by atoms with Crippen molar-refractivity contribution in [1.82, 2.24) is 14.6 Å². The van der Waals surface area contributed by atoms with Crippen LogP contribution in [0.1, 0.15) is 12.6 Å². The Kier molecular flexibility index (Phi) is 3.45. The predicted octanol–water partition coefficient (Wildman–Crippen LogP) is 1.04. The fraction of sp³-hybridized carbons (Fsp3) is 0.417. The number of carbonyl (C=O) groups excluding carboxylic acids is 1. The van der Waals surface area contributed by atoms with Crippen LogP contribution in [0.25, 0.3) is 5.52 Å². The van der Waals surface area contributed by atoms with Gasteiger partial charge in [0.2, 0.25) is 0 Å². The van der Waals surface area contributed by atoms with Gasteiger partial charge in [-0.2, -0.15) is 5.10 Å². The Bertz CT molecular complexity index is 564. The number of hydrogen-bond donors (Lipinski definition) is 0. The molecule has 0 unspecified atom stereocenters. The first-order valence-electron chi connectivity index (χ1n) is 5.78.